The van der Waals surface area contributed by atoms with Crippen LogP contribution in [-0.4, -0.2) is 24.1 Å². The van der Waals surface area contributed by atoms with E-state index in [9.17, 15) is 9.59 Å². The van der Waals surface area contributed by atoms with Gasteiger partial charge in [-0.25, -0.2) is 9.59 Å². The van der Waals surface area contributed by atoms with E-state index in [0.29, 0.717) is 11.1 Å². The van der Waals surface area contributed by atoms with Gasteiger partial charge in [-0.15, -0.1) is 0 Å². The Morgan fingerprint density at radius 1 is 0.679 bits per heavy atom. The van der Waals surface area contributed by atoms with E-state index in [1.165, 1.54) is 11.1 Å². The quantitative estimate of drug-likeness (QED) is 0.586. The zero-order valence-electron chi connectivity index (χ0n) is 17.4. The molecule has 28 heavy (non-hydrogen) atoms. The third-order valence-corrected chi connectivity index (χ3v) is 5.26. The zero-order valence-corrected chi connectivity index (χ0v) is 17.4. The van der Waals surface area contributed by atoms with E-state index >= 15 is 0 Å². The molecule has 0 saturated heterocycles. The molecule has 0 N–H and O–H groups in total. The van der Waals surface area contributed by atoms with Gasteiger partial charge < -0.3 is 9.47 Å². The first kappa shape index (κ1) is 21.7. The van der Waals surface area contributed by atoms with Gasteiger partial charge in [0.1, 0.15) is 12.2 Å². The van der Waals surface area contributed by atoms with Gasteiger partial charge in [0.25, 0.3) is 0 Å². The molecule has 2 aromatic carbocycles. The summed E-state index contributed by atoms with van der Waals surface area (Å²) in [5.74, 6) is -0.871. The summed E-state index contributed by atoms with van der Waals surface area (Å²) in [5.41, 5.74) is 3.39. The summed E-state index contributed by atoms with van der Waals surface area (Å²) in [5, 5.41) is 0. The van der Waals surface area contributed by atoms with Gasteiger partial charge in [0.05, 0.1) is 11.1 Å². The Kier molecular flexibility index (Phi) is 7.80. The minimum atomic E-state index is -0.386. The maximum absolute atomic E-state index is 12.4. The summed E-state index contributed by atoms with van der Waals surface area (Å²) in [4.78, 5) is 24.7. The average molecular weight is 383 g/mol. The number of aryl methyl sites for hydroxylation is 2. The number of esters is 2. The maximum atomic E-state index is 12.4. The number of hydrogen-bond donors (Lipinski definition) is 0. The van der Waals surface area contributed by atoms with Crippen LogP contribution < -0.4 is 0 Å². The summed E-state index contributed by atoms with van der Waals surface area (Å²) in [6.07, 6.45) is 1.08. The Hall–Kier alpha value is -2.62. The number of carbonyl (C=O) groups excluding carboxylic acids is 2. The number of rotatable bonds is 8. The van der Waals surface area contributed by atoms with Crippen molar-refractivity contribution in [3.63, 3.8) is 0 Å². The van der Waals surface area contributed by atoms with Crippen LogP contribution in [0.1, 0.15) is 66.5 Å². The maximum Gasteiger partial charge on any atom is 0.338 e. The average Bonchev–Trinajstić information content (AvgIpc) is 2.72. The molecule has 0 aliphatic heterocycles. The van der Waals surface area contributed by atoms with Gasteiger partial charge in [-0.05, 0) is 62.1 Å². The van der Waals surface area contributed by atoms with Crippen molar-refractivity contribution in [3.8, 4) is 0 Å². The SMILES string of the molecule is CCc1ccc(C(=O)OC(C)C(C)C(C)OC(=O)c2ccc(CC)cc2)cc1. The lowest BCUT2D eigenvalue weighted by Gasteiger charge is -2.26. The van der Waals surface area contributed by atoms with Crippen molar-refractivity contribution < 1.29 is 19.1 Å². The molecular formula is C24H30O4. The van der Waals surface area contributed by atoms with Gasteiger partial charge in [0.2, 0.25) is 0 Å². The van der Waals surface area contributed by atoms with Crippen LogP contribution in [0.25, 0.3) is 0 Å². The second-order valence-corrected chi connectivity index (χ2v) is 7.18. The Labute approximate surface area is 167 Å². The highest BCUT2D eigenvalue weighted by molar-refractivity contribution is 5.90. The van der Waals surface area contributed by atoms with Gasteiger partial charge in [0.15, 0.2) is 0 Å². The molecule has 0 bridgehead atoms. The minimum absolute atomic E-state index is 0.141. The second-order valence-electron chi connectivity index (χ2n) is 7.18. The van der Waals surface area contributed by atoms with E-state index in [4.69, 9.17) is 9.47 Å². The second kappa shape index (κ2) is 10.1. The minimum Gasteiger partial charge on any atom is -0.459 e. The molecule has 0 aliphatic carbocycles. The van der Waals surface area contributed by atoms with E-state index in [0.717, 1.165) is 12.8 Å². The topological polar surface area (TPSA) is 52.6 Å². The van der Waals surface area contributed by atoms with E-state index in [1.807, 2.05) is 45.0 Å². The Balaban J connectivity index is 1.92. The molecule has 0 aromatic heterocycles. The number of ether oxygens (including phenoxy) is 2. The summed E-state index contributed by atoms with van der Waals surface area (Å²) in [6, 6.07) is 14.8. The Morgan fingerprint density at radius 3 is 1.29 bits per heavy atom. The van der Waals surface area contributed by atoms with Crippen molar-refractivity contribution in [2.75, 3.05) is 0 Å². The normalized spacial score (nSPS) is 14.0. The summed E-state index contributed by atoms with van der Waals surface area (Å²) >= 11 is 0. The summed E-state index contributed by atoms with van der Waals surface area (Å²) in [7, 11) is 0. The van der Waals surface area contributed by atoms with E-state index in [1.54, 1.807) is 24.3 Å². The van der Waals surface area contributed by atoms with E-state index in [2.05, 4.69) is 13.8 Å². The lowest BCUT2D eigenvalue weighted by atomic mass is 10.00. The van der Waals surface area contributed by atoms with Gasteiger partial charge in [0, 0.05) is 5.92 Å². The molecule has 2 atom stereocenters. The fourth-order valence-corrected chi connectivity index (χ4v) is 2.82. The van der Waals surface area contributed by atoms with Crippen LogP contribution >= 0.6 is 0 Å². The standard InChI is InChI=1S/C24H30O4/c1-6-19-8-12-21(13-9-19)23(25)27-17(4)16(3)18(5)28-24(26)22-14-10-20(7-2)11-15-22/h8-18H,6-7H2,1-5H3. The van der Waals surface area contributed by atoms with Crippen LogP contribution in [0.4, 0.5) is 0 Å². The number of benzene rings is 2. The third kappa shape index (κ3) is 5.69. The highest BCUT2D eigenvalue weighted by Crippen LogP contribution is 2.19. The number of hydrogen-bond acceptors (Lipinski definition) is 4. The lowest BCUT2D eigenvalue weighted by Crippen LogP contribution is -2.32. The molecule has 0 fully saturated rings. The molecule has 2 unspecified atom stereocenters. The van der Waals surface area contributed by atoms with Crippen LogP contribution in [0.15, 0.2) is 48.5 Å². The smallest absolute Gasteiger partial charge is 0.338 e. The van der Waals surface area contributed by atoms with Gasteiger partial charge in [-0.3, -0.25) is 0 Å². The van der Waals surface area contributed by atoms with Crippen LogP contribution in [0.3, 0.4) is 0 Å². The Morgan fingerprint density at radius 2 is 1.00 bits per heavy atom. The van der Waals surface area contributed by atoms with Crippen molar-refractivity contribution in [3.05, 3.63) is 70.8 Å². The first-order chi connectivity index (χ1) is 13.3. The van der Waals surface area contributed by atoms with Crippen LogP contribution in [0, 0.1) is 5.92 Å². The predicted molar refractivity (Wildman–Crippen MR) is 111 cm³/mol. The summed E-state index contributed by atoms with van der Waals surface area (Å²) < 4.78 is 11.2. The molecule has 0 amide bonds. The van der Waals surface area contributed by atoms with E-state index in [-0.39, 0.29) is 30.1 Å². The van der Waals surface area contributed by atoms with Crippen LogP contribution in [0.2, 0.25) is 0 Å². The molecule has 2 rings (SSSR count). The first-order valence-electron chi connectivity index (χ1n) is 9.95. The summed E-state index contributed by atoms with van der Waals surface area (Å²) in [6.45, 7) is 9.69. The third-order valence-electron chi connectivity index (χ3n) is 5.26. The Bertz CT molecular complexity index is 710. The molecule has 4 heteroatoms. The van der Waals surface area contributed by atoms with Gasteiger partial charge >= 0.3 is 11.9 Å². The monoisotopic (exact) mass is 382 g/mol. The first-order valence-corrected chi connectivity index (χ1v) is 9.95. The molecule has 2 aromatic rings. The molecule has 0 spiro atoms. The molecular weight excluding hydrogens is 352 g/mol. The predicted octanol–water partition coefficient (Wildman–Crippen LogP) is 5.24. The van der Waals surface area contributed by atoms with Crippen molar-refractivity contribution in [2.24, 2.45) is 5.92 Å². The van der Waals surface area contributed by atoms with Crippen molar-refractivity contribution >= 4 is 11.9 Å². The largest absolute Gasteiger partial charge is 0.459 e. The van der Waals surface area contributed by atoms with Crippen LogP contribution in [-0.2, 0) is 22.3 Å². The molecule has 0 aliphatic rings. The fraction of sp³-hybridized carbons (Fsp3) is 0.417. The molecule has 4 nitrogen and oxygen atoms in total. The molecule has 0 heterocycles. The lowest BCUT2D eigenvalue weighted by molar-refractivity contribution is -0.0174. The highest BCUT2D eigenvalue weighted by atomic mass is 16.6. The van der Waals surface area contributed by atoms with Crippen molar-refractivity contribution in [1.29, 1.82) is 0 Å². The zero-order chi connectivity index (χ0) is 20.7. The van der Waals surface area contributed by atoms with Gasteiger partial charge in [-0.2, -0.15) is 0 Å². The fourth-order valence-electron chi connectivity index (χ4n) is 2.82. The van der Waals surface area contributed by atoms with Crippen molar-refractivity contribution in [1.82, 2.24) is 0 Å². The van der Waals surface area contributed by atoms with E-state index < -0.39 is 0 Å². The molecule has 0 radical (unpaired) electrons. The molecule has 0 saturated carbocycles. The highest BCUT2D eigenvalue weighted by Gasteiger charge is 2.26. The van der Waals surface area contributed by atoms with Crippen LogP contribution in [0.5, 0.6) is 0 Å². The van der Waals surface area contributed by atoms with Crippen molar-refractivity contribution in [2.45, 2.75) is 59.7 Å². The molecule has 150 valence electrons. The van der Waals surface area contributed by atoms with Gasteiger partial charge in [-0.1, -0.05) is 45.0 Å². The number of carbonyl (C=O) groups is 2.